The van der Waals surface area contributed by atoms with Gasteiger partial charge in [0.25, 0.3) is 0 Å². The van der Waals surface area contributed by atoms with Crippen molar-refractivity contribution in [3.05, 3.63) is 0 Å². The minimum Gasteiger partial charge on any atom is -0.396 e. The fraction of sp³-hybridized carbons (Fsp3) is 0.889. The normalized spacial score (nSPS) is 12.5. The van der Waals surface area contributed by atoms with Crippen LogP contribution in [0, 0.1) is 0 Å². The number of aliphatic hydroxyl groups excluding tert-OH is 1. The zero-order valence-corrected chi connectivity index (χ0v) is 8.38. The molecule has 0 bridgehead atoms. The third kappa shape index (κ3) is 7.74. The summed E-state index contributed by atoms with van der Waals surface area (Å²) in [4.78, 5) is 11.0. The molecule has 0 aliphatic rings. The Morgan fingerprint density at radius 3 is 2.85 bits per heavy atom. The summed E-state index contributed by atoms with van der Waals surface area (Å²) < 4.78 is 5.17. The Hall–Kier alpha value is -0.610. The van der Waals surface area contributed by atoms with Crippen molar-refractivity contribution in [3.8, 4) is 0 Å². The van der Waals surface area contributed by atoms with Crippen molar-refractivity contribution in [2.24, 2.45) is 0 Å². The van der Waals surface area contributed by atoms with E-state index in [-0.39, 0.29) is 25.2 Å². The molecule has 1 unspecified atom stereocenters. The van der Waals surface area contributed by atoms with Gasteiger partial charge in [0.1, 0.15) is 6.61 Å². The summed E-state index contributed by atoms with van der Waals surface area (Å²) in [5, 5.41) is 11.3. The molecule has 0 aromatic heterocycles. The molecular formula is C9H19NO3. The van der Waals surface area contributed by atoms with Crippen molar-refractivity contribution in [1.82, 2.24) is 5.32 Å². The average Bonchev–Trinajstić information content (AvgIpc) is 2.12. The molecule has 13 heavy (non-hydrogen) atoms. The Morgan fingerprint density at radius 2 is 2.31 bits per heavy atom. The monoisotopic (exact) mass is 189 g/mol. The molecule has 0 saturated heterocycles. The summed E-state index contributed by atoms with van der Waals surface area (Å²) in [6, 6.07) is 0. The van der Waals surface area contributed by atoms with Gasteiger partial charge in [0.15, 0.2) is 0 Å². The zero-order valence-electron chi connectivity index (χ0n) is 8.38. The number of amides is 1. The van der Waals surface area contributed by atoms with Crippen LogP contribution in [0.2, 0.25) is 0 Å². The van der Waals surface area contributed by atoms with Crippen LogP contribution < -0.4 is 5.32 Å². The van der Waals surface area contributed by atoms with Gasteiger partial charge in [-0.1, -0.05) is 6.92 Å². The van der Waals surface area contributed by atoms with E-state index in [0.717, 1.165) is 6.42 Å². The molecule has 0 rings (SSSR count). The molecule has 2 N–H and O–H groups in total. The van der Waals surface area contributed by atoms with E-state index in [9.17, 15) is 4.79 Å². The summed E-state index contributed by atoms with van der Waals surface area (Å²) in [5.41, 5.74) is 0. The van der Waals surface area contributed by atoms with Crippen molar-refractivity contribution in [1.29, 1.82) is 0 Å². The van der Waals surface area contributed by atoms with Crippen LogP contribution in [0.25, 0.3) is 0 Å². The van der Waals surface area contributed by atoms with Crippen LogP contribution in [0.4, 0.5) is 0 Å². The first-order chi connectivity index (χ1) is 6.20. The molecule has 0 spiro atoms. The van der Waals surface area contributed by atoms with Gasteiger partial charge in [-0.05, 0) is 19.8 Å². The molecule has 0 aliphatic heterocycles. The molecular weight excluding hydrogens is 170 g/mol. The predicted octanol–water partition coefficient (Wildman–Crippen LogP) is 0.300. The Labute approximate surface area is 79.3 Å². The van der Waals surface area contributed by atoms with Gasteiger partial charge in [0.2, 0.25) is 5.91 Å². The molecule has 4 nitrogen and oxygen atoms in total. The van der Waals surface area contributed by atoms with E-state index in [1.807, 2.05) is 13.8 Å². The smallest absolute Gasteiger partial charge is 0.246 e. The molecule has 0 aromatic rings. The summed E-state index contributed by atoms with van der Waals surface area (Å²) in [6.07, 6.45) is 1.44. The highest BCUT2D eigenvalue weighted by Gasteiger charge is 2.04. The van der Waals surface area contributed by atoms with Crippen molar-refractivity contribution in [3.63, 3.8) is 0 Å². The highest BCUT2D eigenvalue weighted by Crippen LogP contribution is 1.94. The molecule has 1 atom stereocenters. The van der Waals surface area contributed by atoms with E-state index < -0.39 is 0 Å². The number of carbonyl (C=O) groups excluding carboxylic acids is 1. The Morgan fingerprint density at radius 1 is 1.62 bits per heavy atom. The zero-order chi connectivity index (χ0) is 10.1. The standard InChI is InChI=1S/C9H19NO3/c1-3-5-10-9(12)7-13-8(2)4-6-11/h8,11H,3-7H2,1-2H3,(H,10,12). The summed E-state index contributed by atoms with van der Waals surface area (Å²) in [5.74, 6) is -0.0911. The van der Waals surface area contributed by atoms with Gasteiger partial charge < -0.3 is 15.2 Å². The van der Waals surface area contributed by atoms with Crippen LogP contribution >= 0.6 is 0 Å². The van der Waals surface area contributed by atoms with Gasteiger partial charge in [0, 0.05) is 13.2 Å². The number of aliphatic hydroxyl groups is 1. The lowest BCUT2D eigenvalue weighted by Crippen LogP contribution is -2.29. The number of carbonyl (C=O) groups is 1. The second-order valence-corrected chi connectivity index (χ2v) is 2.98. The second-order valence-electron chi connectivity index (χ2n) is 2.98. The fourth-order valence-corrected chi connectivity index (χ4v) is 0.799. The van der Waals surface area contributed by atoms with E-state index >= 15 is 0 Å². The van der Waals surface area contributed by atoms with Crippen LogP contribution in [-0.2, 0) is 9.53 Å². The Kier molecular flexibility index (Phi) is 7.63. The van der Waals surface area contributed by atoms with Crippen LogP contribution in [0.15, 0.2) is 0 Å². The second kappa shape index (κ2) is 8.01. The molecule has 0 aliphatic carbocycles. The maximum atomic E-state index is 11.0. The maximum Gasteiger partial charge on any atom is 0.246 e. The molecule has 1 amide bonds. The number of rotatable bonds is 7. The van der Waals surface area contributed by atoms with Crippen molar-refractivity contribution in [2.45, 2.75) is 32.8 Å². The molecule has 0 radical (unpaired) electrons. The van der Waals surface area contributed by atoms with Crippen molar-refractivity contribution >= 4 is 5.91 Å². The molecule has 78 valence electrons. The van der Waals surface area contributed by atoms with Gasteiger partial charge in [0.05, 0.1) is 6.10 Å². The summed E-state index contributed by atoms with van der Waals surface area (Å²) in [6.45, 7) is 4.70. The Bertz CT molecular complexity index is 139. The number of hydrogen-bond acceptors (Lipinski definition) is 3. The highest BCUT2D eigenvalue weighted by molar-refractivity contribution is 5.77. The number of nitrogens with one attached hydrogen (secondary N) is 1. The van der Waals surface area contributed by atoms with E-state index in [2.05, 4.69) is 5.32 Å². The summed E-state index contributed by atoms with van der Waals surface area (Å²) >= 11 is 0. The van der Waals surface area contributed by atoms with Gasteiger partial charge in [-0.25, -0.2) is 0 Å². The van der Waals surface area contributed by atoms with Crippen LogP contribution in [-0.4, -0.2) is 36.9 Å². The lowest BCUT2D eigenvalue weighted by Gasteiger charge is -2.10. The molecule has 4 heteroatoms. The third-order valence-electron chi connectivity index (χ3n) is 1.61. The molecule has 0 aromatic carbocycles. The first-order valence-corrected chi connectivity index (χ1v) is 4.69. The largest absolute Gasteiger partial charge is 0.396 e. The quantitative estimate of drug-likeness (QED) is 0.605. The predicted molar refractivity (Wildman–Crippen MR) is 50.4 cm³/mol. The number of hydrogen-bond donors (Lipinski definition) is 2. The van der Waals surface area contributed by atoms with Crippen LogP contribution in [0.3, 0.4) is 0 Å². The fourth-order valence-electron chi connectivity index (χ4n) is 0.799. The molecule has 0 heterocycles. The van der Waals surface area contributed by atoms with Crippen LogP contribution in [0.5, 0.6) is 0 Å². The van der Waals surface area contributed by atoms with E-state index in [1.165, 1.54) is 0 Å². The summed E-state index contributed by atoms with van der Waals surface area (Å²) in [7, 11) is 0. The SMILES string of the molecule is CCCNC(=O)COC(C)CCO. The average molecular weight is 189 g/mol. The van der Waals surface area contributed by atoms with Gasteiger partial charge in [-0.3, -0.25) is 4.79 Å². The lowest BCUT2D eigenvalue weighted by molar-refractivity contribution is -0.127. The van der Waals surface area contributed by atoms with E-state index in [4.69, 9.17) is 9.84 Å². The topological polar surface area (TPSA) is 58.6 Å². The minimum atomic E-state index is -0.0911. The molecule has 0 saturated carbocycles. The van der Waals surface area contributed by atoms with Crippen molar-refractivity contribution in [2.75, 3.05) is 19.8 Å². The van der Waals surface area contributed by atoms with Crippen LogP contribution in [0.1, 0.15) is 26.7 Å². The van der Waals surface area contributed by atoms with E-state index in [0.29, 0.717) is 13.0 Å². The first-order valence-electron chi connectivity index (χ1n) is 4.69. The van der Waals surface area contributed by atoms with Crippen molar-refractivity contribution < 1.29 is 14.6 Å². The molecule has 0 fully saturated rings. The minimum absolute atomic E-state index is 0.0580. The van der Waals surface area contributed by atoms with Gasteiger partial charge >= 0.3 is 0 Å². The maximum absolute atomic E-state index is 11.0. The number of ether oxygens (including phenoxy) is 1. The van der Waals surface area contributed by atoms with E-state index in [1.54, 1.807) is 0 Å². The van der Waals surface area contributed by atoms with Gasteiger partial charge in [-0.15, -0.1) is 0 Å². The Balaban J connectivity index is 3.34. The highest BCUT2D eigenvalue weighted by atomic mass is 16.5. The first kappa shape index (κ1) is 12.4. The third-order valence-corrected chi connectivity index (χ3v) is 1.61. The van der Waals surface area contributed by atoms with Gasteiger partial charge in [-0.2, -0.15) is 0 Å². The lowest BCUT2D eigenvalue weighted by atomic mass is 10.3.